The zero-order valence-corrected chi connectivity index (χ0v) is 18.9. The number of ether oxygens (including phenoxy) is 3. The molecule has 1 saturated heterocycles. The summed E-state index contributed by atoms with van der Waals surface area (Å²) >= 11 is 5.98. The van der Waals surface area contributed by atoms with Gasteiger partial charge in [0.25, 0.3) is 5.91 Å². The van der Waals surface area contributed by atoms with Crippen LogP contribution in [-0.4, -0.2) is 56.2 Å². The molecule has 0 aliphatic carbocycles. The van der Waals surface area contributed by atoms with Crippen molar-refractivity contribution in [3.63, 3.8) is 0 Å². The number of hydrogen-bond acceptors (Lipinski definition) is 6. The predicted molar refractivity (Wildman–Crippen MR) is 119 cm³/mol. The molecule has 170 valence electrons. The summed E-state index contributed by atoms with van der Waals surface area (Å²) < 4.78 is 15.7. The molecule has 32 heavy (non-hydrogen) atoms. The molecule has 2 aromatic carbocycles. The van der Waals surface area contributed by atoms with Gasteiger partial charge in [-0.2, -0.15) is 0 Å². The van der Waals surface area contributed by atoms with E-state index in [1.54, 1.807) is 37.3 Å². The number of benzene rings is 2. The molecule has 1 aliphatic heterocycles. The van der Waals surface area contributed by atoms with Crippen LogP contribution in [-0.2, 0) is 16.0 Å². The van der Waals surface area contributed by atoms with Crippen LogP contribution in [0.2, 0.25) is 5.02 Å². The van der Waals surface area contributed by atoms with E-state index in [1.165, 1.54) is 27.4 Å². The van der Waals surface area contributed by atoms with Gasteiger partial charge in [-0.1, -0.05) is 17.7 Å². The zero-order valence-electron chi connectivity index (χ0n) is 18.2. The summed E-state index contributed by atoms with van der Waals surface area (Å²) in [5.74, 6) is 0.392. The molecule has 2 N–H and O–H groups in total. The number of methoxy groups -OCH3 is 3. The number of amides is 4. The lowest BCUT2D eigenvalue weighted by molar-refractivity contribution is -0.133. The van der Waals surface area contributed by atoms with Crippen LogP contribution in [0.15, 0.2) is 36.4 Å². The van der Waals surface area contributed by atoms with Crippen LogP contribution in [0.3, 0.4) is 0 Å². The SMILES string of the molecule is COc1ccc(Cl)cc1NC(=O)CN1C(=O)N[C@](C)(Cc2ccc(OC)c(OC)c2)C1=O. The lowest BCUT2D eigenvalue weighted by Gasteiger charge is -2.22. The average Bonchev–Trinajstić information content (AvgIpc) is 2.96. The van der Waals surface area contributed by atoms with E-state index in [9.17, 15) is 14.4 Å². The highest BCUT2D eigenvalue weighted by Crippen LogP contribution is 2.31. The molecule has 1 atom stereocenters. The molecular weight excluding hydrogens is 438 g/mol. The number of anilines is 1. The molecule has 2 aromatic rings. The van der Waals surface area contributed by atoms with Crippen molar-refractivity contribution in [3.8, 4) is 17.2 Å². The third kappa shape index (κ3) is 4.72. The smallest absolute Gasteiger partial charge is 0.325 e. The molecule has 0 aromatic heterocycles. The zero-order chi connectivity index (χ0) is 23.5. The first-order chi connectivity index (χ1) is 15.2. The van der Waals surface area contributed by atoms with Crippen LogP contribution < -0.4 is 24.8 Å². The van der Waals surface area contributed by atoms with Crippen molar-refractivity contribution in [2.24, 2.45) is 0 Å². The van der Waals surface area contributed by atoms with Gasteiger partial charge in [-0.05, 0) is 42.8 Å². The first kappa shape index (κ1) is 23.2. The van der Waals surface area contributed by atoms with Crippen molar-refractivity contribution in [2.45, 2.75) is 18.9 Å². The Labute approximate surface area is 190 Å². The standard InChI is InChI=1S/C22H24ClN3O6/c1-22(11-13-5-7-17(31-3)18(9-13)32-4)20(28)26(21(29)25-22)12-19(27)24-15-10-14(23)6-8-16(15)30-2/h5-10H,11-12H2,1-4H3,(H,24,27)(H,25,29)/t22-/m1/s1. The van der Waals surface area contributed by atoms with Crippen LogP contribution >= 0.6 is 11.6 Å². The van der Waals surface area contributed by atoms with Crippen molar-refractivity contribution < 1.29 is 28.6 Å². The summed E-state index contributed by atoms with van der Waals surface area (Å²) in [6.07, 6.45) is 0.207. The molecule has 1 fully saturated rings. The molecule has 0 radical (unpaired) electrons. The van der Waals surface area contributed by atoms with E-state index in [1.807, 2.05) is 0 Å². The number of nitrogens with zero attached hydrogens (tertiary/aromatic N) is 1. The summed E-state index contributed by atoms with van der Waals surface area (Å²) in [5, 5.41) is 5.71. The number of rotatable bonds is 8. The molecular formula is C22H24ClN3O6. The largest absolute Gasteiger partial charge is 0.495 e. The Bertz CT molecular complexity index is 1060. The molecule has 10 heteroatoms. The molecule has 0 unspecified atom stereocenters. The molecule has 4 amide bonds. The van der Waals surface area contributed by atoms with Crippen LogP contribution in [0, 0.1) is 0 Å². The van der Waals surface area contributed by atoms with Crippen molar-refractivity contribution in [1.29, 1.82) is 0 Å². The normalized spacial score (nSPS) is 17.7. The maximum Gasteiger partial charge on any atom is 0.325 e. The van der Waals surface area contributed by atoms with Gasteiger partial charge >= 0.3 is 6.03 Å². The van der Waals surface area contributed by atoms with Gasteiger partial charge in [0.05, 0.1) is 27.0 Å². The number of nitrogens with one attached hydrogen (secondary N) is 2. The van der Waals surface area contributed by atoms with Gasteiger partial charge in [-0.3, -0.25) is 14.5 Å². The van der Waals surface area contributed by atoms with E-state index in [4.69, 9.17) is 25.8 Å². The minimum absolute atomic E-state index is 0.207. The van der Waals surface area contributed by atoms with E-state index >= 15 is 0 Å². The topological polar surface area (TPSA) is 106 Å². The Balaban J connectivity index is 1.73. The van der Waals surface area contributed by atoms with Crippen LogP contribution in [0.4, 0.5) is 10.5 Å². The van der Waals surface area contributed by atoms with Crippen molar-refractivity contribution >= 4 is 35.1 Å². The molecule has 0 spiro atoms. The Kier molecular flexibility index (Phi) is 6.78. The molecule has 9 nitrogen and oxygen atoms in total. The maximum atomic E-state index is 13.0. The van der Waals surface area contributed by atoms with Crippen molar-refractivity contribution in [3.05, 3.63) is 47.0 Å². The van der Waals surface area contributed by atoms with Gasteiger partial charge in [0.1, 0.15) is 17.8 Å². The van der Waals surface area contributed by atoms with Crippen molar-refractivity contribution in [2.75, 3.05) is 33.2 Å². The Morgan fingerprint density at radius 2 is 1.69 bits per heavy atom. The third-order valence-corrected chi connectivity index (χ3v) is 5.32. The predicted octanol–water partition coefficient (Wildman–Crippen LogP) is 2.86. The minimum Gasteiger partial charge on any atom is -0.495 e. The maximum absolute atomic E-state index is 13.0. The van der Waals surface area contributed by atoms with E-state index in [0.29, 0.717) is 28.0 Å². The van der Waals surface area contributed by atoms with E-state index < -0.39 is 29.9 Å². The summed E-state index contributed by atoms with van der Waals surface area (Å²) in [6, 6.07) is 9.34. The van der Waals surface area contributed by atoms with E-state index in [-0.39, 0.29) is 6.42 Å². The summed E-state index contributed by atoms with van der Waals surface area (Å²) in [7, 11) is 4.50. The lowest BCUT2D eigenvalue weighted by Crippen LogP contribution is -2.46. The number of carbonyl (C=O) groups excluding carboxylic acids is 3. The number of carbonyl (C=O) groups is 3. The lowest BCUT2D eigenvalue weighted by atomic mass is 9.92. The molecule has 0 saturated carbocycles. The Morgan fingerprint density at radius 3 is 2.34 bits per heavy atom. The van der Waals surface area contributed by atoms with Gasteiger partial charge in [0.2, 0.25) is 5.91 Å². The Morgan fingerprint density at radius 1 is 1.03 bits per heavy atom. The highest BCUT2D eigenvalue weighted by atomic mass is 35.5. The highest BCUT2D eigenvalue weighted by molar-refractivity contribution is 6.31. The second-order valence-corrected chi connectivity index (χ2v) is 7.85. The van der Waals surface area contributed by atoms with E-state index in [0.717, 1.165) is 10.5 Å². The number of urea groups is 1. The fourth-order valence-corrected chi connectivity index (χ4v) is 3.69. The quantitative estimate of drug-likeness (QED) is 0.585. The van der Waals surface area contributed by atoms with Gasteiger partial charge < -0.3 is 24.8 Å². The van der Waals surface area contributed by atoms with Crippen LogP contribution in [0.5, 0.6) is 17.2 Å². The fourth-order valence-electron chi connectivity index (χ4n) is 3.52. The summed E-state index contributed by atoms with van der Waals surface area (Å²) in [6.45, 7) is 1.16. The van der Waals surface area contributed by atoms with Crippen molar-refractivity contribution in [1.82, 2.24) is 10.2 Å². The van der Waals surface area contributed by atoms with Crippen LogP contribution in [0.1, 0.15) is 12.5 Å². The number of halogens is 1. The summed E-state index contributed by atoms with van der Waals surface area (Å²) in [5.41, 5.74) is -0.121. The van der Waals surface area contributed by atoms with Gasteiger partial charge in [-0.25, -0.2) is 4.79 Å². The third-order valence-electron chi connectivity index (χ3n) is 5.09. The van der Waals surface area contributed by atoms with Gasteiger partial charge in [0, 0.05) is 11.4 Å². The van der Waals surface area contributed by atoms with Gasteiger partial charge in [-0.15, -0.1) is 0 Å². The van der Waals surface area contributed by atoms with Gasteiger partial charge in [0.15, 0.2) is 11.5 Å². The van der Waals surface area contributed by atoms with Crippen LogP contribution in [0.25, 0.3) is 0 Å². The second kappa shape index (κ2) is 9.35. The summed E-state index contributed by atoms with van der Waals surface area (Å²) in [4.78, 5) is 39.0. The fraction of sp³-hybridized carbons (Fsp3) is 0.318. The first-order valence-corrected chi connectivity index (χ1v) is 10.1. The Hall–Kier alpha value is -3.46. The average molecular weight is 462 g/mol. The number of imide groups is 1. The second-order valence-electron chi connectivity index (χ2n) is 7.41. The monoisotopic (exact) mass is 461 g/mol. The minimum atomic E-state index is -1.22. The molecule has 3 rings (SSSR count). The first-order valence-electron chi connectivity index (χ1n) is 9.69. The number of hydrogen-bond donors (Lipinski definition) is 2. The highest BCUT2D eigenvalue weighted by Gasteiger charge is 2.48. The van der Waals surface area contributed by atoms with E-state index in [2.05, 4.69) is 10.6 Å². The molecule has 1 aliphatic rings. The molecule has 1 heterocycles. The molecule has 0 bridgehead atoms.